The number of aromatic nitrogens is 3. The predicted molar refractivity (Wildman–Crippen MR) is 121 cm³/mol. The van der Waals surface area contributed by atoms with Crippen molar-refractivity contribution in [2.45, 2.75) is 59.5 Å². The van der Waals surface area contributed by atoms with Crippen LogP contribution in [0, 0.1) is 6.92 Å². The minimum Gasteiger partial charge on any atom is -0.372 e. The number of anilines is 1. The Morgan fingerprint density at radius 1 is 1.27 bits per heavy atom. The molecule has 0 fully saturated rings. The van der Waals surface area contributed by atoms with Crippen molar-refractivity contribution in [3.8, 4) is 5.69 Å². The fourth-order valence-corrected chi connectivity index (χ4v) is 4.19. The number of hydrogen-bond acceptors (Lipinski definition) is 5. The van der Waals surface area contributed by atoms with Crippen LogP contribution in [0.2, 0.25) is 0 Å². The van der Waals surface area contributed by atoms with Gasteiger partial charge in [-0.15, -0.1) is 11.3 Å². The Kier molecular flexibility index (Phi) is 6.73. The van der Waals surface area contributed by atoms with E-state index in [9.17, 15) is 4.79 Å². The second kappa shape index (κ2) is 9.10. The third-order valence-corrected chi connectivity index (χ3v) is 5.82. The Hall–Kier alpha value is -2.51. The summed E-state index contributed by atoms with van der Waals surface area (Å²) in [5.41, 5.74) is 3.46. The molecule has 0 aliphatic heterocycles. The lowest BCUT2D eigenvalue weighted by Crippen LogP contribution is -2.18. The quantitative estimate of drug-likeness (QED) is 0.563. The summed E-state index contributed by atoms with van der Waals surface area (Å²) in [6.07, 6.45) is 0.146. The lowest BCUT2D eigenvalue weighted by Gasteiger charge is -2.16. The largest absolute Gasteiger partial charge is 0.372 e. The van der Waals surface area contributed by atoms with E-state index < -0.39 is 0 Å². The van der Waals surface area contributed by atoms with Crippen LogP contribution in [0.4, 0.5) is 5.82 Å². The molecule has 3 aromatic rings. The molecule has 7 heteroatoms. The van der Waals surface area contributed by atoms with Crippen LogP contribution in [0.5, 0.6) is 0 Å². The van der Waals surface area contributed by atoms with Gasteiger partial charge in [0.1, 0.15) is 16.9 Å². The molecule has 0 spiro atoms. The Morgan fingerprint density at radius 3 is 2.60 bits per heavy atom. The molecule has 30 heavy (non-hydrogen) atoms. The second-order valence-electron chi connectivity index (χ2n) is 8.32. The van der Waals surface area contributed by atoms with E-state index >= 15 is 0 Å². The van der Waals surface area contributed by atoms with E-state index in [0.29, 0.717) is 12.4 Å². The first kappa shape index (κ1) is 22.2. The van der Waals surface area contributed by atoms with Crippen LogP contribution in [-0.4, -0.2) is 27.3 Å². The average molecular weight is 427 g/mol. The Labute approximate surface area is 182 Å². The third kappa shape index (κ3) is 4.96. The van der Waals surface area contributed by atoms with E-state index in [2.05, 4.69) is 31.1 Å². The number of nitrogens with zero attached hydrogens (tertiary/aromatic N) is 3. The molecule has 0 aliphatic rings. The molecule has 0 aliphatic carbocycles. The maximum absolute atomic E-state index is 12.9. The van der Waals surface area contributed by atoms with Crippen LogP contribution < -0.4 is 5.32 Å². The van der Waals surface area contributed by atoms with Crippen LogP contribution in [0.1, 0.15) is 62.7 Å². The summed E-state index contributed by atoms with van der Waals surface area (Å²) < 4.78 is 7.41. The Bertz CT molecular complexity index is 1000. The van der Waals surface area contributed by atoms with Crippen LogP contribution >= 0.6 is 11.3 Å². The fourth-order valence-electron chi connectivity index (χ4n) is 3.36. The highest BCUT2D eigenvalue weighted by Crippen LogP contribution is 2.31. The van der Waals surface area contributed by atoms with Gasteiger partial charge >= 0.3 is 0 Å². The maximum atomic E-state index is 12.9. The van der Waals surface area contributed by atoms with Crippen LogP contribution in [0.25, 0.3) is 5.69 Å². The first-order chi connectivity index (χ1) is 14.2. The molecule has 1 unspecified atom stereocenters. The Balaban J connectivity index is 1.85. The van der Waals surface area contributed by atoms with Gasteiger partial charge < -0.3 is 10.1 Å². The van der Waals surface area contributed by atoms with Gasteiger partial charge in [0.15, 0.2) is 0 Å². The highest BCUT2D eigenvalue weighted by atomic mass is 32.1. The molecule has 160 valence electrons. The number of nitrogens with one attached hydrogen (secondary N) is 1. The molecule has 0 bridgehead atoms. The molecule has 3 rings (SSSR count). The molecule has 0 saturated heterocycles. The standard InChI is InChI=1S/C23H30N4O2S/c1-7-29-16(3)22-24-17(14-30-22)13-19(28)25-21-15(2)20(23(4,5)6)26-27(21)18-11-9-8-10-12-18/h8-12,14,16H,7,13H2,1-6H3,(H,25,28). The van der Waals surface area contributed by atoms with Crippen molar-refractivity contribution < 1.29 is 9.53 Å². The zero-order valence-electron chi connectivity index (χ0n) is 18.5. The van der Waals surface area contributed by atoms with Gasteiger partial charge in [-0.3, -0.25) is 4.79 Å². The lowest BCUT2D eigenvalue weighted by atomic mass is 9.90. The number of ether oxygens (including phenoxy) is 1. The minimum absolute atomic E-state index is 0.0621. The van der Waals surface area contributed by atoms with E-state index in [0.717, 1.165) is 27.6 Å². The lowest BCUT2D eigenvalue weighted by molar-refractivity contribution is -0.115. The number of para-hydroxylation sites is 1. The molecule has 0 radical (unpaired) electrons. The summed E-state index contributed by atoms with van der Waals surface area (Å²) in [7, 11) is 0. The van der Waals surface area contributed by atoms with Gasteiger partial charge in [-0.25, -0.2) is 9.67 Å². The SMILES string of the molecule is CCOC(C)c1nc(CC(=O)Nc2c(C)c(C(C)(C)C)nn2-c2ccccc2)cs1. The molecule has 1 N–H and O–H groups in total. The second-order valence-corrected chi connectivity index (χ2v) is 9.21. The summed E-state index contributed by atoms with van der Waals surface area (Å²) >= 11 is 1.52. The zero-order chi connectivity index (χ0) is 21.9. The van der Waals surface area contributed by atoms with Gasteiger partial charge in [-0.1, -0.05) is 39.0 Å². The minimum atomic E-state index is -0.136. The number of hydrogen-bond donors (Lipinski definition) is 1. The van der Waals surface area contributed by atoms with Gasteiger partial charge in [0, 0.05) is 23.0 Å². The van der Waals surface area contributed by atoms with Gasteiger partial charge in [-0.2, -0.15) is 5.10 Å². The number of amides is 1. The van der Waals surface area contributed by atoms with Crippen LogP contribution in [-0.2, 0) is 21.4 Å². The molecule has 6 nitrogen and oxygen atoms in total. The molecule has 1 aromatic carbocycles. The van der Waals surface area contributed by atoms with Crippen LogP contribution in [0.3, 0.4) is 0 Å². The number of rotatable bonds is 7. The topological polar surface area (TPSA) is 69.0 Å². The maximum Gasteiger partial charge on any atom is 0.231 e. The summed E-state index contributed by atoms with van der Waals surface area (Å²) in [4.78, 5) is 17.4. The molecular formula is C23H30N4O2S. The van der Waals surface area contributed by atoms with Crippen molar-refractivity contribution in [2.24, 2.45) is 0 Å². The van der Waals surface area contributed by atoms with Crippen molar-refractivity contribution in [2.75, 3.05) is 11.9 Å². The van der Waals surface area contributed by atoms with Crippen LogP contribution in [0.15, 0.2) is 35.7 Å². The fraction of sp³-hybridized carbons (Fsp3) is 0.435. The molecule has 2 heterocycles. The first-order valence-electron chi connectivity index (χ1n) is 10.2. The molecule has 1 amide bonds. The van der Waals surface area contributed by atoms with Crippen molar-refractivity contribution in [3.63, 3.8) is 0 Å². The third-order valence-electron chi connectivity index (χ3n) is 4.77. The first-order valence-corrected chi connectivity index (χ1v) is 11.1. The van der Waals surface area contributed by atoms with Gasteiger partial charge in [0.05, 0.1) is 23.5 Å². The van der Waals surface area contributed by atoms with Crippen molar-refractivity contribution in [1.29, 1.82) is 0 Å². The smallest absolute Gasteiger partial charge is 0.231 e. The molecule has 1 atom stereocenters. The Morgan fingerprint density at radius 2 is 1.97 bits per heavy atom. The average Bonchev–Trinajstić information content (AvgIpc) is 3.28. The van der Waals surface area contributed by atoms with Gasteiger partial charge in [-0.05, 0) is 32.9 Å². The number of benzene rings is 1. The van der Waals surface area contributed by atoms with E-state index in [1.54, 1.807) is 0 Å². The van der Waals surface area contributed by atoms with E-state index in [-0.39, 0.29) is 23.8 Å². The van der Waals surface area contributed by atoms with E-state index in [1.165, 1.54) is 11.3 Å². The van der Waals surface area contributed by atoms with Crippen molar-refractivity contribution >= 4 is 23.1 Å². The zero-order valence-corrected chi connectivity index (χ0v) is 19.3. The van der Waals surface area contributed by atoms with Crippen molar-refractivity contribution in [1.82, 2.24) is 14.8 Å². The summed E-state index contributed by atoms with van der Waals surface area (Å²) in [5, 5.41) is 10.7. The van der Waals surface area contributed by atoms with Gasteiger partial charge in [0.2, 0.25) is 5.91 Å². The summed E-state index contributed by atoms with van der Waals surface area (Å²) in [5.74, 6) is 0.589. The molecule has 2 aromatic heterocycles. The van der Waals surface area contributed by atoms with E-state index in [1.807, 2.05) is 61.2 Å². The highest BCUT2D eigenvalue weighted by molar-refractivity contribution is 7.09. The highest BCUT2D eigenvalue weighted by Gasteiger charge is 2.26. The molecular weight excluding hydrogens is 396 g/mol. The number of carbonyl (C=O) groups is 1. The summed E-state index contributed by atoms with van der Waals surface area (Å²) in [6.45, 7) is 13.0. The van der Waals surface area contributed by atoms with Gasteiger partial charge in [0.25, 0.3) is 0 Å². The monoisotopic (exact) mass is 426 g/mol. The van der Waals surface area contributed by atoms with E-state index in [4.69, 9.17) is 9.84 Å². The summed E-state index contributed by atoms with van der Waals surface area (Å²) in [6, 6.07) is 9.86. The number of thiazole rings is 1. The predicted octanol–water partition coefficient (Wildman–Crippen LogP) is 5.21. The normalized spacial score (nSPS) is 12.7. The number of carbonyl (C=O) groups excluding carboxylic acids is 1. The van der Waals surface area contributed by atoms with Crippen molar-refractivity contribution in [3.05, 3.63) is 57.7 Å². The molecule has 0 saturated carbocycles.